The van der Waals surface area contributed by atoms with Crippen LogP contribution in [-0.4, -0.2) is 54.0 Å². The highest BCUT2D eigenvalue weighted by molar-refractivity contribution is 5.92. The van der Waals surface area contributed by atoms with Crippen molar-refractivity contribution in [3.05, 3.63) is 84.8 Å². The van der Waals surface area contributed by atoms with Crippen LogP contribution in [0.25, 0.3) is 11.4 Å². The van der Waals surface area contributed by atoms with Crippen molar-refractivity contribution in [1.82, 2.24) is 35.0 Å². The molecule has 30 heavy (non-hydrogen) atoms. The lowest BCUT2D eigenvalue weighted by Crippen LogP contribution is -2.29. The Hall–Kier alpha value is -4.01. The Balaban J connectivity index is 1.47. The summed E-state index contributed by atoms with van der Waals surface area (Å²) in [4.78, 5) is 35.6. The smallest absolute Gasteiger partial charge is 0.272 e. The first-order chi connectivity index (χ1) is 14.8. The molecule has 1 aliphatic heterocycles. The number of nitrogens with zero attached hydrogens (tertiary/aromatic N) is 7. The third-order valence-electron chi connectivity index (χ3n) is 5.22. The first kappa shape index (κ1) is 18.0. The number of carbonyl (C=O) groups excluding carboxylic acids is 1. The fourth-order valence-electron chi connectivity index (χ4n) is 3.74. The Morgan fingerprint density at radius 2 is 1.80 bits per heavy atom. The molecule has 1 fully saturated rings. The molecule has 0 radical (unpaired) electrons. The van der Waals surface area contributed by atoms with Gasteiger partial charge in [-0.1, -0.05) is 11.2 Å². The molecule has 0 N–H and O–H groups in total. The zero-order valence-corrected chi connectivity index (χ0v) is 15.9. The Bertz CT molecular complexity index is 1140. The van der Waals surface area contributed by atoms with E-state index in [4.69, 9.17) is 4.52 Å². The molecular formula is C21H17N7O2. The van der Waals surface area contributed by atoms with Gasteiger partial charge in [0.25, 0.3) is 5.91 Å². The highest BCUT2D eigenvalue weighted by Gasteiger charge is 2.41. The molecule has 0 bridgehead atoms. The minimum atomic E-state index is -0.150. The van der Waals surface area contributed by atoms with Gasteiger partial charge in [-0.25, -0.2) is 9.97 Å². The quantitative estimate of drug-likeness (QED) is 0.514. The van der Waals surface area contributed by atoms with E-state index < -0.39 is 0 Å². The average Bonchev–Trinajstić information content (AvgIpc) is 3.48. The normalized spacial score (nSPS) is 18.5. The van der Waals surface area contributed by atoms with E-state index in [2.05, 4.69) is 30.1 Å². The standard InChI is InChI=1S/C21H17N7O2/c29-21(18-5-9-24-13-25-18)28-11-16(15-2-1-6-23-10-15)17(12-28)20-26-19(27-30-20)14-3-7-22-8-4-14/h1-10,13,16-17H,11-12H2. The van der Waals surface area contributed by atoms with E-state index in [1.54, 1.807) is 35.8 Å². The van der Waals surface area contributed by atoms with Crippen LogP contribution in [0, 0.1) is 0 Å². The molecule has 4 aromatic rings. The van der Waals surface area contributed by atoms with Crippen molar-refractivity contribution in [2.45, 2.75) is 11.8 Å². The predicted molar refractivity (Wildman–Crippen MR) is 105 cm³/mol. The largest absolute Gasteiger partial charge is 0.339 e. The lowest BCUT2D eigenvalue weighted by Gasteiger charge is -2.15. The van der Waals surface area contributed by atoms with E-state index in [9.17, 15) is 4.79 Å². The van der Waals surface area contributed by atoms with Crippen LogP contribution in [0.15, 0.2) is 72.2 Å². The number of likely N-dealkylation sites (tertiary alicyclic amines) is 1. The molecule has 0 aromatic carbocycles. The van der Waals surface area contributed by atoms with Crippen LogP contribution in [0.5, 0.6) is 0 Å². The van der Waals surface area contributed by atoms with E-state index in [-0.39, 0.29) is 17.7 Å². The monoisotopic (exact) mass is 399 g/mol. The molecular weight excluding hydrogens is 382 g/mol. The second-order valence-electron chi connectivity index (χ2n) is 7.00. The van der Waals surface area contributed by atoms with Crippen LogP contribution in [0.2, 0.25) is 0 Å². The summed E-state index contributed by atoms with van der Waals surface area (Å²) in [6.07, 6.45) is 9.84. The molecule has 5 heterocycles. The minimum absolute atomic E-state index is 0.0183. The molecule has 0 saturated carbocycles. The van der Waals surface area contributed by atoms with Crippen LogP contribution in [-0.2, 0) is 0 Å². The molecule has 4 aromatic heterocycles. The zero-order valence-electron chi connectivity index (χ0n) is 15.9. The molecule has 2 atom stereocenters. The van der Waals surface area contributed by atoms with Crippen LogP contribution >= 0.6 is 0 Å². The SMILES string of the molecule is O=C(c1ccncn1)N1CC(c2cccnc2)C(c2nc(-c3ccncc3)no2)C1. The Kier molecular flexibility index (Phi) is 4.68. The molecule has 0 spiro atoms. The lowest BCUT2D eigenvalue weighted by molar-refractivity contribution is 0.0782. The summed E-state index contributed by atoms with van der Waals surface area (Å²) < 4.78 is 5.62. The van der Waals surface area contributed by atoms with E-state index >= 15 is 0 Å². The second kappa shape index (κ2) is 7.78. The van der Waals surface area contributed by atoms with Crippen LogP contribution in [0.4, 0.5) is 0 Å². The summed E-state index contributed by atoms with van der Waals surface area (Å²) in [7, 11) is 0. The fourth-order valence-corrected chi connectivity index (χ4v) is 3.74. The third-order valence-corrected chi connectivity index (χ3v) is 5.22. The van der Waals surface area contributed by atoms with Gasteiger partial charge >= 0.3 is 0 Å². The summed E-state index contributed by atoms with van der Waals surface area (Å²) in [5.74, 6) is 0.674. The highest BCUT2D eigenvalue weighted by atomic mass is 16.5. The topological polar surface area (TPSA) is 111 Å². The van der Waals surface area contributed by atoms with Gasteiger partial charge in [-0.15, -0.1) is 0 Å². The summed E-state index contributed by atoms with van der Waals surface area (Å²) in [5, 5.41) is 4.13. The number of hydrogen-bond acceptors (Lipinski definition) is 8. The first-order valence-corrected chi connectivity index (χ1v) is 9.49. The maximum Gasteiger partial charge on any atom is 0.272 e. The van der Waals surface area contributed by atoms with Crippen molar-refractivity contribution in [3.8, 4) is 11.4 Å². The number of rotatable bonds is 4. The Morgan fingerprint density at radius 1 is 0.967 bits per heavy atom. The molecule has 148 valence electrons. The fraction of sp³-hybridized carbons (Fsp3) is 0.190. The molecule has 1 amide bonds. The highest BCUT2D eigenvalue weighted by Crippen LogP contribution is 2.39. The zero-order chi connectivity index (χ0) is 20.3. The second-order valence-corrected chi connectivity index (χ2v) is 7.00. The van der Waals surface area contributed by atoms with E-state index in [1.807, 2.05) is 30.5 Å². The summed E-state index contributed by atoms with van der Waals surface area (Å²) in [6, 6.07) is 9.16. The molecule has 9 nitrogen and oxygen atoms in total. The van der Waals surface area contributed by atoms with Gasteiger partial charge in [0, 0.05) is 55.6 Å². The number of hydrogen-bond donors (Lipinski definition) is 0. The van der Waals surface area contributed by atoms with Crippen molar-refractivity contribution in [3.63, 3.8) is 0 Å². The van der Waals surface area contributed by atoms with Gasteiger partial charge in [0.15, 0.2) is 0 Å². The van der Waals surface area contributed by atoms with Crippen molar-refractivity contribution in [2.75, 3.05) is 13.1 Å². The van der Waals surface area contributed by atoms with Gasteiger partial charge in [0.05, 0.1) is 5.92 Å². The Morgan fingerprint density at radius 3 is 2.57 bits per heavy atom. The number of aromatic nitrogens is 6. The molecule has 2 unspecified atom stereocenters. The van der Waals surface area contributed by atoms with E-state index in [0.717, 1.165) is 11.1 Å². The summed E-state index contributed by atoms with van der Waals surface area (Å²) >= 11 is 0. The van der Waals surface area contributed by atoms with Gasteiger partial charge < -0.3 is 9.42 Å². The van der Waals surface area contributed by atoms with Crippen LogP contribution in [0.3, 0.4) is 0 Å². The van der Waals surface area contributed by atoms with Crippen molar-refractivity contribution in [1.29, 1.82) is 0 Å². The number of carbonyl (C=O) groups is 1. The third kappa shape index (κ3) is 3.41. The summed E-state index contributed by atoms with van der Waals surface area (Å²) in [6.45, 7) is 0.951. The molecule has 0 aliphatic carbocycles. The average molecular weight is 399 g/mol. The molecule has 1 saturated heterocycles. The van der Waals surface area contributed by atoms with Crippen molar-refractivity contribution < 1.29 is 9.32 Å². The maximum absolute atomic E-state index is 13.0. The van der Waals surface area contributed by atoms with E-state index in [0.29, 0.717) is 30.5 Å². The number of pyridine rings is 2. The predicted octanol–water partition coefficient (Wildman–Crippen LogP) is 2.34. The van der Waals surface area contributed by atoms with Gasteiger partial charge in [-0.3, -0.25) is 14.8 Å². The lowest BCUT2D eigenvalue weighted by atomic mass is 9.90. The van der Waals surface area contributed by atoms with Gasteiger partial charge in [-0.2, -0.15) is 4.98 Å². The van der Waals surface area contributed by atoms with Gasteiger partial charge in [0.1, 0.15) is 12.0 Å². The molecule has 9 heteroatoms. The van der Waals surface area contributed by atoms with Gasteiger partial charge in [0.2, 0.25) is 11.7 Å². The molecule has 5 rings (SSSR count). The first-order valence-electron chi connectivity index (χ1n) is 9.49. The maximum atomic E-state index is 13.0. The van der Waals surface area contributed by atoms with Crippen LogP contribution < -0.4 is 0 Å². The number of amides is 1. The Labute approximate surface area is 171 Å². The van der Waals surface area contributed by atoms with Crippen molar-refractivity contribution in [2.24, 2.45) is 0 Å². The van der Waals surface area contributed by atoms with E-state index in [1.165, 1.54) is 6.33 Å². The van der Waals surface area contributed by atoms with Gasteiger partial charge in [-0.05, 0) is 29.8 Å². The molecule has 1 aliphatic rings. The summed E-state index contributed by atoms with van der Waals surface area (Å²) in [5.41, 5.74) is 2.20. The van der Waals surface area contributed by atoms with Crippen LogP contribution in [0.1, 0.15) is 33.8 Å². The van der Waals surface area contributed by atoms with Crippen molar-refractivity contribution >= 4 is 5.91 Å². The minimum Gasteiger partial charge on any atom is -0.339 e.